The number of halogens is 1. The van der Waals surface area contributed by atoms with Crippen molar-refractivity contribution >= 4 is 35.3 Å². The second-order valence-electron chi connectivity index (χ2n) is 3.88. The normalized spacial score (nSPS) is 10.5. The number of nitrogens with zero attached hydrogens (tertiary/aromatic N) is 5. The lowest BCUT2D eigenvalue weighted by Crippen LogP contribution is -2.15. The lowest BCUT2D eigenvalue weighted by molar-refractivity contribution is 0.918. The average Bonchev–Trinajstić information content (AvgIpc) is 2.37. The summed E-state index contributed by atoms with van der Waals surface area (Å²) in [5, 5.41) is 1.36. The molecule has 8 heteroatoms. The third kappa shape index (κ3) is 3.68. The minimum Gasteiger partial charge on any atom is -0.368 e. The van der Waals surface area contributed by atoms with Gasteiger partial charge in [-0.05, 0) is 12.1 Å². The van der Waals surface area contributed by atoms with E-state index in [4.69, 9.17) is 17.3 Å². The summed E-state index contributed by atoms with van der Waals surface area (Å²) in [6.45, 7) is 0. The maximum atomic E-state index is 6.03. The van der Waals surface area contributed by atoms with Gasteiger partial charge in [-0.2, -0.15) is 15.0 Å². The molecular weight excluding hydrogens is 284 g/mol. The van der Waals surface area contributed by atoms with Gasteiger partial charge in [-0.25, -0.2) is 4.98 Å². The van der Waals surface area contributed by atoms with Crippen molar-refractivity contribution in [3.8, 4) is 0 Å². The van der Waals surface area contributed by atoms with Gasteiger partial charge in [0.2, 0.25) is 11.9 Å². The molecule has 2 aromatic rings. The number of nitrogens with two attached hydrogens (primary N) is 1. The molecule has 2 rings (SSSR count). The molecule has 2 N–H and O–H groups in total. The fourth-order valence-corrected chi connectivity index (χ4v) is 2.32. The highest BCUT2D eigenvalue weighted by atomic mass is 35.5. The van der Waals surface area contributed by atoms with E-state index in [0.29, 0.717) is 22.5 Å². The van der Waals surface area contributed by atoms with Crippen LogP contribution in [0.2, 0.25) is 5.02 Å². The summed E-state index contributed by atoms with van der Waals surface area (Å²) in [4.78, 5) is 18.4. The SMILES string of the molecule is CN(C)c1nc(N)nc(CSc2ncccc2Cl)n1. The molecule has 0 aliphatic rings. The summed E-state index contributed by atoms with van der Waals surface area (Å²) in [6.07, 6.45) is 1.70. The molecule has 0 aromatic carbocycles. The topological polar surface area (TPSA) is 80.8 Å². The van der Waals surface area contributed by atoms with Gasteiger partial charge in [0.1, 0.15) is 10.9 Å². The third-order valence-electron chi connectivity index (χ3n) is 2.15. The Morgan fingerprint density at radius 1 is 1.32 bits per heavy atom. The quantitative estimate of drug-likeness (QED) is 0.862. The van der Waals surface area contributed by atoms with Crippen LogP contribution in [0, 0.1) is 0 Å². The molecule has 0 saturated carbocycles. The van der Waals surface area contributed by atoms with E-state index in [1.807, 2.05) is 14.1 Å². The number of thioether (sulfide) groups is 1. The van der Waals surface area contributed by atoms with Gasteiger partial charge in [-0.3, -0.25) is 0 Å². The fourth-order valence-electron chi connectivity index (χ4n) is 1.30. The van der Waals surface area contributed by atoms with E-state index in [1.54, 1.807) is 23.2 Å². The van der Waals surface area contributed by atoms with Crippen LogP contribution in [0.1, 0.15) is 5.82 Å². The zero-order valence-electron chi connectivity index (χ0n) is 10.5. The first-order valence-electron chi connectivity index (χ1n) is 5.47. The number of nitrogen functional groups attached to an aromatic ring is 1. The molecule has 0 atom stereocenters. The minimum absolute atomic E-state index is 0.210. The van der Waals surface area contributed by atoms with Gasteiger partial charge in [0, 0.05) is 20.3 Å². The van der Waals surface area contributed by atoms with Crippen LogP contribution in [0.4, 0.5) is 11.9 Å². The molecule has 2 heterocycles. The first kappa shape index (κ1) is 13.8. The minimum atomic E-state index is 0.210. The fraction of sp³-hybridized carbons (Fsp3) is 0.273. The van der Waals surface area contributed by atoms with E-state index in [0.717, 1.165) is 5.03 Å². The zero-order valence-corrected chi connectivity index (χ0v) is 12.1. The number of hydrogen-bond donors (Lipinski definition) is 1. The zero-order chi connectivity index (χ0) is 13.8. The number of pyridine rings is 1. The highest BCUT2D eigenvalue weighted by molar-refractivity contribution is 7.98. The Morgan fingerprint density at radius 2 is 2.11 bits per heavy atom. The molecule has 19 heavy (non-hydrogen) atoms. The molecule has 0 spiro atoms. The van der Waals surface area contributed by atoms with Crippen LogP contribution in [0.5, 0.6) is 0 Å². The first-order valence-corrected chi connectivity index (χ1v) is 6.83. The van der Waals surface area contributed by atoms with Crippen molar-refractivity contribution in [3.05, 3.63) is 29.2 Å². The Hall–Kier alpha value is -1.60. The Bertz CT molecular complexity index is 577. The van der Waals surface area contributed by atoms with Crippen molar-refractivity contribution in [2.75, 3.05) is 24.7 Å². The van der Waals surface area contributed by atoms with Crippen molar-refractivity contribution < 1.29 is 0 Å². The van der Waals surface area contributed by atoms with E-state index in [9.17, 15) is 0 Å². The largest absolute Gasteiger partial charge is 0.368 e. The van der Waals surface area contributed by atoms with Gasteiger partial charge < -0.3 is 10.6 Å². The van der Waals surface area contributed by atoms with Crippen molar-refractivity contribution in [1.29, 1.82) is 0 Å². The number of anilines is 2. The summed E-state index contributed by atoms with van der Waals surface area (Å²) in [7, 11) is 3.70. The Balaban J connectivity index is 2.14. The maximum Gasteiger partial charge on any atom is 0.229 e. The number of hydrogen-bond acceptors (Lipinski definition) is 7. The van der Waals surface area contributed by atoms with Gasteiger partial charge >= 0.3 is 0 Å². The smallest absolute Gasteiger partial charge is 0.229 e. The van der Waals surface area contributed by atoms with Crippen molar-refractivity contribution in [3.63, 3.8) is 0 Å². The number of rotatable bonds is 4. The van der Waals surface area contributed by atoms with E-state index < -0.39 is 0 Å². The monoisotopic (exact) mass is 296 g/mol. The van der Waals surface area contributed by atoms with Crippen LogP contribution < -0.4 is 10.6 Å². The van der Waals surface area contributed by atoms with Gasteiger partial charge in [-0.1, -0.05) is 23.4 Å². The first-order chi connectivity index (χ1) is 9.06. The molecule has 6 nitrogen and oxygen atoms in total. The van der Waals surface area contributed by atoms with E-state index in [-0.39, 0.29) is 5.95 Å². The average molecular weight is 297 g/mol. The Kier molecular flexibility index (Phi) is 4.39. The molecule has 0 unspecified atom stereocenters. The van der Waals surface area contributed by atoms with Crippen LogP contribution in [0.3, 0.4) is 0 Å². The Morgan fingerprint density at radius 3 is 2.79 bits per heavy atom. The molecule has 0 radical (unpaired) electrons. The lowest BCUT2D eigenvalue weighted by Gasteiger charge is -2.11. The molecular formula is C11H13ClN6S. The molecule has 0 bridgehead atoms. The predicted molar refractivity (Wildman–Crippen MR) is 77.4 cm³/mol. The second kappa shape index (κ2) is 6.03. The summed E-state index contributed by atoms with van der Waals surface area (Å²) in [5.74, 6) is 1.88. The van der Waals surface area contributed by atoms with Crippen LogP contribution in [0.15, 0.2) is 23.4 Å². The molecule has 100 valence electrons. The van der Waals surface area contributed by atoms with Gasteiger partial charge in [0.25, 0.3) is 0 Å². The Labute approximate surface area is 120 Å². The van der Waals surface area contributed by atoms with E-state index >= 15 is 0 Å². The van der Waals surface area contributed by atoms with Crippen molar-refractivity contribution in [2.45, 2.75) is 10.8 Å². The maximum absolute atomic E-state index is 6.03. The summed E-state index contributed by atoms with van der Waals surface area (Å²) < 4.78 is 0. The standard InChI is InChI=1S/C11H13ClN6S/c1-18(2)11-16-8(15-10(13)17-11)6-19-9-7(12)4-3-5-14-9/h3-5H,6H2,1-2H3,(H2,13,15,16,17). The molecule has 0 fully saturated rings. The van der Waals surface area contributed by atoms with Gasteiger partial charge in [0.15, 0.2) is 0 Å². The lowest BCUT2D eigenvalue weighted by atomic mass is 10.5. The third-order valence-corrected chi connectivity index (χ3v) is 3.57. The summed E-state index contributed by atoms with van der Waals surface area (Å²) in [5.41, 5.74) is 5.66. The summed E-state index contributed by atoms with van der Waals surface area (Å²) in [6, 6.07) is 3.58. The molecule has 0 aliphatic carbocycles. The summed E-state index contributed by atoms with van der Waals surface area (Å²) >= 11 is 7.49. The van der Waals surface area contributed by atoms with Crippen molar-refractivity contribution in [1.82, 2.24) is 19.9 Å². The van der Waals surface area contributed by atoms with Crippen LogP contribution in [0.25, 0.3) is 0 Å². The highest BCUT2D eigenvalue weighted by Gasteiger charge is 2.08. The van der Waals surface area contributed by atoms with Gasteiger partial charge in [0.05, 0.1) is 10.8 Å². The molecule has 0 amide bonds. The number of aromatic nitrogens is 4. The predicted octanol–water partition coefficient (Wildman–Crippen LogP) is 1.86. The second-order valence-corrected chi connectivity index (χ2v) is 5.25. The molecule has 0 aliphatic heterocycles. The van der Waals surface area contributed by atoms with E-state index in [1.165, 1.54) is 11.8 Å². The van der Waals surface area contributed by atoms with Crippen molar-refractivity contribution in [2.24, 2.45) is 0 Å². The highest BCUT2D eigenvalue weighted by Crippen LogP contribution is 2.26. The molecule has 0 saturated heterocycles. The van der Waals surface area contributed by atoms with Crippen LogP contribution in [-0.2, 0) is 5.75 Å². The van der Waals surface area contributed by atoms with Gasteiger partial charge in [-0.15, -0.1) is 0 Å². The van der Waals surface area contributed by atoms with Crippen LogP contribution in [-0.4, -0.2) is 34.0 Å². The molecule has 2 aromatic heterocycles. The van der Waals surface area contributed by atoms with Crippen LogP contribution >= 0.6 is 23.4 Å². The van der Waals surface area contributed by atoms with E-state index in [2.05, 4.69) is 19.9 Å².